The number of fused-ring (bicyclic) bond motifs is 4. The van der Waals surface area contributed by atoms with Crippen LogP contribution in [-0.4, -0.2) is 31.1 Å². The van der Waals surface area contributed by atoms with Gasteiger partial charge in [0.1, 0.15) is 28.2 Å². The molecule has 8 heteroatoms. The van der Waals surface area contributed by atoms with Gasteiger partial charge in [-0.25, -0.2) is 0 Å². The lowest BCUT2D eigenvalue weighted by Crippen LogP contribution is -2.60. The fourth-order valence-corrected chi connectivity index (χ4v) is 4.60. The SMILES string of the molecule is COc1cc(OC(C)=O)c2c(c1)O[C@H](OC(C)=O)[C@]1(Cc3cc4c(cc31)COC4)C2=O. The molecule has 0 radical (unpaired) electrons. The minimum absolute atomic E-state index is 0.0467. The van der Waals surface area contributed by atoms with Crippen LogP contribution in [0.2, 0.25) is 0 Å². The second kappa shape index (κ2) is 6.81. The fourth-order valence-electron chi connectivity index (χ4n) is 4.60. The molecule has 0 saturated heterocycles. The Labute approximate surface area is 178 Å². The summed E-state index contributed by atoms with van der Waals surface area (Å²) in [6.45, 7) is 3.51. The van der Waals surface area contributed by atoms with Crippen LogP contribution < -0.4 is 14.2 Å². The van der Waals surface area contributed by atoms with Crippen LogP contribution in [0.3, 0.4) is 0 Å². The molecule has 2 aromatic carbocycles. The Balaban J connectivity index is 1.69. The normalized spacial score (nSPS) is 22.5. The first-order chi connectivity index (χ1) is 14.8. The summed E-state index contributed by atoms with van der Waals surface area (Å²) in [6.07, 6.45) is -0.827. The zero-order valence-corrected chi connectivity index (χ0v) is 17.3. The van der Waals surface area contributed by atoms with Gasteiger partial charge in [-0.15, -0.1) is 0 Å². The number of ketones is 1. The zero-order valence-electron chi connectivity index (χ0n) is 17.3. The van der Waals surface area contributed by atoms with Crippen LogP contribution in [-0.2, 0) is 44.1 Å². The Morgan fingerprint density at radius 2 is 1.77 bits per heavy atom. The van der Waals surface area contributed by atoms with Crippen molar-refractivity contribution in [3.05, 3.63) is 52.1 Å². The van der Waals surface area contributed by atoms with Crippen molar-refractivity contribution >= 4 is 17.7 Å². The van der Waals surface area contributed by atoms with Crippen molar-refractivity contribution in [2.45, 2.75) is 45.2 Å². The van der Waals surface area contributed by atoms with E-state index in [1.807, 2.05) is 12.1 Å². The van der Waals surface area contributed by atoms with Gasteiger partial charge in [0, 0.05) is 26.0 Å². The van der Waals surface area contributed by atoms with E-state index in [4.69, 9.17) is 23.7 Å². The topological polar surface area (TPSA) is 97.4 Å². The van der Waals surface area contributed by atoms with Gasteiger partial charge in [0.05, 0.1) is 20.3 Å². The number of hydrogen-bond donors (Lipinski definition) is 0. The summed E-state index contributed by atoms with van der Waals surface area (Å²) >= 11 is 0. The molecule has 2 aliphatic heterocycles. The third kappa shape index (κ3) is 2.82. The van der Waals surface area contributed by atoms with Crippen molar-refractivity contribution in [1.29, 1.82) is 0 Å². The smallest absolute Gasteiger partial charge is 0.308 e. The number of methoxy groups -OCH3 is 1. The van der Waals surface area contributed by atoms with Gasteiger partial charge in [0.2, 0.25) is 0 Å². The molecular formula is C23H20O8. The van der Waals surface area contributed by atoms with Crippen molar-refractivity contribution in [3.8, 4) is 17.2 Å². The number of carbonyl (C=O) groups excluding carboxylic acids is 3. The Kier molecular flexibility index (Phi) is 4.30. The molecule has 0 bridgehead atoms. The number of ether oxygens (including phenoxy) is 5. The standard InChI is InChI=1S/C23H20O8/c1-11(24)29-18-6-16(27-3)7-19-20(18)21(26)23(22(31-19)30-12(2)25)8-13-4-14-9-28-10-15(14)5-17(13)23/h4-7,22H,8-10H2,1-3H3/t22-,23-/m0/s1. The molecule has 1 aliphatic carbocycles. The van der Waals surface area contributed by atoms with E-state index in [0.29, 0.717) is 25.4 Å². The molecule has 3 aliphatic rings. The monoisotopic (exact) mass is 424 g/mol. The van der Waals surface area contributed by atoms with Crippen LogP contribution in [0.5, 0.6) is 17.2 Å². The predicted octanol–water partition coefficient (Wildman–Crippen LogP) is 2.61. The van der Waals surface area contributed by atoms with E-state index in [-0.39, 0.29) is 22.8 Å². The van der Waals surface area contributed by atoms with Crippen LogP contribution in [0, 0.1) is 0 Å². The van der Waals surface area contributed by atoms with Crippen LogP contribution in [0.4, 0.5) is 0 Å². The highest BCUT2D eigenvalue weighted by Gasteiger charge is 2.61. The van der Waals surface area contributed by atoms with Gasteiger partial charge in [-0.05, 0) is 28.7 Å². The van der Waals surface area contributed by atoms with E-state index in [1.54, 1.807) is 0 Å². The Bertz CT molecular complexity index is 1150. The van der Waals surface area contributed by atoms with Crippen LogP contribution in [0.25, 0.3) is 0 Å². The van der Waals surface area contributed by atoms with Crippen molar-refractivity contribution in [3.63, 3.8) is 0 Å². The summed E-state index contributed by atoms with van der Waals surface area (Å²) < 4.78 is 27.6. The van der Waals surface area contributed by atoms with Crippen molar-refractivity contribution in [1.82, 2.24) is 0 Å². The highest BCUT2D eigenvalue weighted by Crippen LogP contribution is 2.54. The number of benzene rings is 2. The second-order valence-corrected chi connectivity index (χ2v) is 7.90. The van der Waals surface area contributed by atoms with Crippen LogP contribution in [0.1, 0.15) is 46.5 Å². The van der Waals surface area contributed by atoms with E-state index in [2.05, 4.69) is 0 Å². The van der Waals surface area contributed by atoms with Gasteiger partial charge in [-0.3, -0.25) is 14.4 Å². The number of Topliss-reactive ketones (excluding diaryl/α,β-unsaturated/α-hetero) is 1. The van der Waals surface area contributed by atoms with Crippen molar-refractivity contribution in [2.75, 3.05) is 7.11 Å². The Hall–Kier alpha value is -3.39. The summed E-state index contributed by atoms with van der Waals surface area (Å²) in [6, 6.07) is 6.94. The first-order valence-corrected chi connectivity index (χ1v) is 9.85. The molecule has 0 amide bonds. The third-order valence-corrected chi connectivity index (χ3v) is 5.96. The number of hydrogen-bond acceptors (Lipinski definition) is 8. The molecule has 0 fully saturated rings. The largest absolute Gasteiger partial charge is 0.496 e. The number of esters is 2. The molecule has 1 spiro atoms. The molecule has 2 atom stereocenters. The summed E-state index contributed by atoms with van der Waals surface area (Å²) in [4.78, 5) is 37.5. The van der Waals surface area contributed by atoms with E-state index in [9.17, 15) is 14.4 Å². The van der Waals surface area contributed by atoms with E-state index in [1.165, 1.54) is 33.1 Å². The molecule has 0 unspecified atom stereocenters. The first kappa shape index (κ1) is 19.6. The molecule has 0 aromatic heterocycles. The average molecular weight is 424 g/mol. The molecule has 0 N–H and O–H groups in total. The second-order valence-electron chi connectivity index (χ2n) is 7.90. The summed E-state index contributed by atoms with van der Waals surface area (Å²) in [5.41, 5.74) is 2.70. The number of rotatable bonds is 3. The van der Waals surface area contributed by atoms with Gasteiger partial charge in [0.15, 0.2) is 5.78 Å². The van der Waals surface area contributed by atoms with Gasteiger partial charge < -0.3 is 23.7 Å². The predicted molar refractivity (Wildman–Crippen MR) is 105 cm³/mol. The van der Waals surface area contributed by atoms with E-state index < -0.39 is 23.6 Å². The molecule has 5 rings (SSSR count). The fraction of sp³-hybridized carbons (Fsp3) is 0.348. The Morgan fingerprint density at radius 1 is 1.03 bits per heavy atom. The lowest BCUT2D eigenvalue weighted by molar-refractivity contribution is -0.172. The number of carbonyl (C=O) groups is 3. The highest BCUT2D eigenvalue weighted by molar-refractivity contribution is 6.11. The molecular weight excluding hydrogens is 404 g/mol. The lowest BCUT2D eigenvalue weighted by Gasteiger charge is -2.49. The van der Waals surface area contributed by atoms with Gasteiger partial charge in [-0.2, -0.15) is 0 Å². The minimum atomic E-state index is -1.23. The van der Waals surface area contributed by atoms with Crippen LogP contribution >= 0.6 is 0 Å². The molecule has 2 aromatic rings. The third-order valence-electron chi connectivity index (χ3n) is 5.96. The maximum Gasteiger partial charge on any atom is 0.308 e. The van der Waals surface area contributed by atoms with Crippen molar-refractivity contribution < 1.29 is 38.1 Å². The zero-order chi connectivity index (χ0) is 21.9. The molecule has 8 nitrogen and oxygen atoms in total. The molecule has 160 valence electrons. The Morgan fingerprint density at radius 3 is 2.45 bits per heavy atom. The quantitative estimate of drug-likeness (QED) is 0.548. The summed E-state index contributed by atoms with van der Waals surface area (Å²) in [5, 5.41) is 0. The summed E-state index contributed by atoms with van der Waals surface area (Å²) in [7, 11) is 1.44. The van der Waals surface area contributed by atoms with Gasteiger partial charge in [-0.1, -0.05) is 12.1 Å². The first-order valence-electron chi connectivity index (χ1n) is 9.85. The van der Waals surface area contributed by atoms with Crippen LogP contribution in [0.15, 0.2) is 24.3 Å². The van der Waals surface area contributed by atoms with Crippen molar-refractivity contribution in [2.24, 2.45) is 0 Å². The van der Waals surface area contributed by atoms with Gasteiger partial charge in [0.25, 0.3) is 6.29 Å². The average Bonchev–Trinajstić information content (AvgIpc) is 3.14. The highest BCUT2D eigenvalue weighted by atomic mass is 16.7. The molecule has 0 saturated carbocycles. The maximum atomic E-state index is 13.9. The molecule has 31 heavy (non-hydrogen) atoms. The summed E-state index contributed by atoms with van der Waals surface area (Å²) in [5.74, 6) is -0.958. The van der Waals surface area contributed by atoms with E-state index >= 15 is 0 Å². The maximum absolute atomic E-state index is 13.9. The van der Waals surface area contributed by atoms with Gasteiger partial charge >= 0.3 is 11.9 Å². The lowest BCUT2D eigenvalue weighted by atomic mass is 9.58. The minimum Gasteiger partial charge on any atom is -0.496 e. The van der Waals surface area contributed by atoms with E-state index in [0.717, 1.165) is 22.3 Å². The molecule has 2 heterocycles.